The maximum Gasteiger partial charge on any atom is 0.163 e. The second-order valence-corrected chi connectivity index (χ2v) is 11.3. The number of hydrogen-bond donors (Lipinski definition) is 0. The zero-order chi connectivity index (χ0) is 23.4. The zero-order valence-corrected chi connectivity index (χ0v) is 20.5. The summed E-state index contributed by atoms with van der Waals surface area (Å²) in [6.07, 6.45) is 3.68. The van der Waals surface area contributed by atoms with Gasteiger partial charge in [-0.05, 0) is 28.5 Å². The molecule has 0 unspecified atom stereocenters. The molecular formula is C26H28Cl2O4. The van der Waals surface area contributed by atoms with Gasteiger partial charge in [0.2, 0.25) is 0 Å². The van der Waals surface area contributed by atoms with Gasteiger partial charge in [0.25, 0.3) is 0 Å². The highest BCUT2D eigenvalue weighted by Crippen LogP contribution is 2.54. The SMILES string of the molecule is C=CCOc1c(Cl)cc(C2C3=C(CC(C)(C)CC3=O)OC3=C2C(=O)CC(C)(C)C3)cc1Cl. The van der Waals surface area contributed by atoms with E-state index in [2.05, 4.69) is 34.3 Å². The van der Waals surface area contributed by atoms with Gasteiger partial charge < -0.3 is 9.47 Å². The summed E-state index contributed by atoms with van der Waals surface area (Å²) in [6, 6.07) is 3.49. The van der Waals surface area contributed by atoms with Gasteiger partial charge in [0, 0.05) is 42.7 Å². The van der Waals surface area contributed by atoms with Gasteiger partial charge in [-0.25, -0.2) is 0 Å². The van der Waals surface area contributed by atoms with E-state index in [1.54, 1.807) is 18.2 Å². The van der Waals surface area contributed by atoms with Crippen molar-refractivity contribution in [3.05, 3.63) is 63.1 Å². The highest BCUT2D eigenvalue weighted by Gasteiger charge is 2.48. The van der Waals surface area contributed by atoms with E-state index in [1.165, 1.54) is 0 Å². The fourth-order valence-electron chi connectivity index (χ4n) is 5.03. The lowest BCUT2D eigenvalue weighted by Gasteiger charge is -2.42. The van der Waals surface area contributed by atoms with Crippen LogP contribution in [0.25, 0.3) is 0 Å². The first kappa shape index (κ1) is 23.1. The molecule has 3 aliphatic rings. The topological polar surface area (TPSA) is 52.6 Å². The van der Waals surface area contributed by atoms with Crippen LogP contribution in [0.3, 0.4) is 0 Å². The second kappa shape index (κ2) is 8.07. The Morgan fingerprint density at radius 3 is 1.88 bits per heavy atom. The number of Topliss-reactive ketones (excluding diaryl/α,β-unsaturated/α-hetero) is 2. The highest BCUT2D eigenvalue weighted by atomic mass is 35.5. The molecule has 0 amide bonds. The van der Waals surface area contributed by atoms with E-state index in [1.807, 2.05) is 0 Å². The van der Waals surface area contributed by atoms with Crippen molar-refractivity contribution in [1.29, 1.82) is 0 Å². The molecule has 0 bridgehead atoms. The summed E-state index contributed by atoms with van der Waals surface area (Å²) in [6.45, 7) is 12.2. The first-order valence-corrected chi connectivity index (χ1v) is 11.6. The number of hydrogen-bond acceptors (Lipinski definition) is 4. The summed E-state index contributed by atoms with van der Waals surface area (Å²) in [4.78, 5) is 26.7. The number of ether oxygens (including phenoxy) is 2. The molecule has 0 spiro atoms. The third-order valence-corrected chi connectivity index (χ3v) is 6.84. The summed E-state index contributed by atoms with van der Waals surface area (Å²) in [5, 5.41) is 0.662. The fourth-order valence-corrected chi connectivity index (χ4v) is 5.65. The Labute approximate surface area is 199 Å². The molecule has 0 radical (unpaired) electrons. The van der Waals surface area contributed by atoms with E-state index >= 15 is 0 Å². The maximum atomic E-state index is 13.3. The van der Waals surface area contributed by atoms with Crippen LogP contribution in [-0.4, -0.2) is 18.2 Å². The third-order valence-electron chi connectivity index (χ3n) is 6.28. The van der Waals surface area contributed by atoms with Crippen molar-refractivity contribution < 1.29 is 19.1 Å². The molecule has 1 aliphatic heterocycles. The Bertz CT molecular complexity index is 1020. The summed E-state index contributed by atoms with van der Waals surface area (Å²) in [7, 11) is 0. The molecule has 2 aliphatic carbocycles. The first-order chi connectivity index (χ1) is 14.9. The third kappa shape index (κ3) is 4.15. The molecule has 0 atom stereocenters. The van der Waals surface area contributed by atoms with E-state index in [9.17, 15) is 9.59 Å². The number of carbonyl (C=O) groups is 2. The van der Waals surface area contributed by atoms with Crippen LogP contribution in [0.1, 0.15) is 64.9 Å². The molecule has 0 saturated heterocycles. The summed E-state index contributed by atoms with van der Waals surface area (Å²) >= 11 is 13.1. The average Bonchev–Trinajstić information content (AvgIpc) is 2.63. The normalized spacial score (nSPS) is 22.3. The van der Waals surface area contributed by atoms with Crippen LogP contribution >= 0.6 is 23.2 Å². The molecule has 0 fully saturated rings. The quantitative estimate of drug-likeness (QED) is 0.442. The van der Waals surface area contributed by atoms with E-state index in [0.717, 1.165) is 0 Å². The minimum Gasteiger partial charge on any atom is -0.486 e. The minimum atomic E-state index is -0.538. The van der Waals surface area contributed by atoms with Crippen LogP contribution < -0.4 is 4.74 Å². The van der Waals surface area contributed by atoms with Crippen LogP contribution in [0.4, 0.5) is 0 Å². The van der Waals surface area contributed by atoms with Gasteiger partial charge in [0.15, 0.2) is 17.3 Å². The van der Waals surface area contributed by atoms with Gasteiger partial charge in [-0.2, -0.15) is 0 Å². The summed E-state index contributed by atoms with van der Waals surface area (Å²) < 4.78 is 11.9. The Morgan fingerprint density at radius 2 is 1.44 bits per heavy atom. The number of allylic oxidation sites excluding steroid dienone is 4. The van der Waals surface area contributed by atoms with Gasteiger partial charge in [0.05, 0.1) is 10.0 Å². The Morgan fingerprint density at radius 1 is 0.969 bits per heavy atom. The smallest absolute Gasteiger partial charge is 0.163 e. The molecule has 0 saturated carbocycles. The van der Waals surface area contributed by atoms with Gasteiger partial charge in [-0.1, -0.05) is 63.6 Å². The van der Waals surface area contributed by atoms with Crippen LogP contribution in [0.2, 0.25) is 10.0 Å². The fraction of sp³-hybridized carbons (Fsp3) is 0.462. The van der Waals surface area contributed by atoms with Gasteiger partial charge >= 0.3 is 0 Å². The Kier molecular flexibility index (Phi) is 5.83. The molecule has 0 aromatic heterocycles. The van der Waals surface area contributed by atoms with E-state index in [0.29, 0.717) is 69.7 Å². The minimum absolute atomic E-state index is 0.00432. The predicted molar refractivity (Wildman–Crippen MR) is 126 cm³/mol. The molecular weight excluding hydrogens is 447 g/mol. The molecule has 4 nitrogen and oxygen atoms in total. The van der Waals surface area contributed by atoms with Crippen LogP contribution in [0.5, 0.6) is 5.75 Å². The second-order valence-electron chi connectivity index (χ2n) is 10.5. The zero-order valence-electron chi connectivity index (χ0n) is 18.9. The van der Waals surface area contributed by atoms with Crippen LogP contribution in [0.15, 0.2) is 47.5 Å². The largest absolute Gasteiger partial charge is 0.486 e. The lowest BCUT2D eigenvalue weighted by atomic mass is 9.65. The molecule has 4 rings (SSSR count). The van der Waals surface area contributed by atoms with Crippen molar-refractivity contribution in [3.63, 3.8) is 0 Å². The van der Waals surface area contributed by atoms with Crippen molar-refractivity contribution in [2.24, 2.45) is 10.8 Å². The van der Waals surface area contributed by atoms with Crippen molar-refractivity contribution in [2.45, 2.75) is 59.3 Å². The number of ketones is 2. The van der Waals surface area contributed by atoms with Gasteiger partial charge in [-0.15, -0.1) is 0 Å². The van der Waals surface area contributed by atoms with Crippen LogP contribution in [-0.2, 0) is 14.3 Å². The predicted octanol–water partition coefficient (Wildman–Crippen LogP) is 6.96. The molecule has 32 heavy (non-hydrogen) atoms. The Balaban J connectivity index is 1.90. The standard InChI is InChI=1S/C26H28Cl2O4/c1-6-7-31-24-15(27)8-14(9-16(24)28)21-22-17(29)10-25(2,3)12-19(22)32-20-13-26(4,5)11-18(30)23(20)21/h6,8-9,21H,1,7,10-13H2,2-5H3. The molecule has 0 N–H and O–H groups in total. The van der Waals surface area contributed by atoms with Crippen molar-refractivity contribution in [3.8, 4) is 5.75 Å². The van der Waals surface area contributed by atoms with Crippen molar-refractivity contribution in [1.82, 2.24) is 0 Å². The number of benzene rings is 1. The molecule has 6 heteroatoms. The van der Waals surface area contributed by atoms with Gasteiger partial charge in [-0.3, -0.25) is 9.59 Å². The van der Waals surface area contributed by atoms with E-state index in [-0.39, 0.29) is 29.0 Å². The first-order valence-electron chi connectivity index (χ1n) is 10.9. The lowest BCUT2D eigenvalue weighted by molar-refractivity contribution is -0.120. The van der Waals surface area contributed by atoms with Crippen molar-refractivity contribution in [2.75, 3.05) is 6.61 Å². The van der Waals surface area contributed by atoms with Gasteiger partial charge in [0.1, 0.15) is 18.1 Å². The summed E-state index contributed by atoms with van der Waals surface area (Å²) in [5.74, 6) is 1.16. The number of halogens is 2. The number of rotatable bonds is 4. The Hall–Kier alpha value is -2.04. The van der Waals surface area contributed by atoms with E-state index in [4.69, 9.17) is 32.7 Å². The lowest BCUT2D eigenvalue weighted by Crippen LogP contribution is -2.37. The highest BCUT2D eigenvalue weighted by molar-refractivity contribution is 6.37. The van der Waals surface area contributed by atoms with Crippen molar-refractivity contribution >= 4 is 34.8 Å². The molecule has 1 heterocycles. The maximum absolute atomic E-state index is 13.3. The molecule has 170 valence electrons. The average molecular weight is 475 g/mol. The monoisotopic (exact) mass is 474 g/mol. The number of carbonyl (C=O) groups excluding carboxylic acids is 2. The van der Waals surface area contributed by atoms with E-state index < -0.39 is 5.92 Å². The molecule has 1 aromatic rings. The molecule has 1 aromatic carbocycles. The van der Waals surface area contributed by atoms with Crippen LogP contribution in [0, 0.1) is 10.8 Å². The summed E-state index contributed by atoms with van der Waals surface area (Å²) in [5.41, 5.74) is 1.41.